The topological polar surface area (TPSA) is 95.1 Å². The zero-order valence-electron chi connectivity index (χ0n) is 16.2. The van der Waals surface area contributed by atoms with Crippen molar-refractivity contribution in [3.63, 3.8) is 0 Å². The van der Waals surface area contributed by atoms with Crippen molar-refractivity contribution in [3.05, 3.63) is 72.1 Å². The number of amides is 1. The number of nitrogens with zero attached hydrogens (tertiary/aromatic N) is 3. The van der Waals surface area contributed by atoms with Crippen molar-refractivity contribution in [1.29, 1.82) is 0 Å². The maximum Gasteiger partial charge on any atom is 0.267 e. The number of hydrogen-bond acceptors (Lipinski definition) is 5. The number of benzene rings is 2. The molecule has 0 saturated heterocycles. The van der Waals surface area contributed by atoms with Gasteiger partial charge < -0.3 is 20.4 Å². The summed E-state index contributed by atoms with van der Waals surface area (Å²) in [6.45, 7) is 2.13. The first-order chi connectivity index (χ1) is 14.0. The minimum absolute atomic E-state index is 0. The van der Waals surface area contributed by atoms with Crippen molar-refractivity contribution in [3.8, 4) is 11.5 Å². The average Bonchev–Trinajstić information content (AvgIpc) is 3.03. The predicted molar refractivity (Wildman–Crippen MR) is 115 cm³/mol. The first-order valence-corrected chi connectivity index (χ1v) is 9.29. The van der Waals surface area contributed by atoms with Crippen molar-refractivity contribution >= 4 is 28.6 Å². The molecule has 0 spiro atoms. The molecule has 4 rings (SSSR count). The van der Waals surface area contributed by atoms with E-state index in [-0.39, 0.29) is 7.12 Å². The van der Waals surface area contributed by atoms with Gasteiger partial charge in [0.05, 0.1) is 11.0 Å². The van der Waals surface area contributed by atoms with E-state index in [2.05, 4.69) is 34.3 Å². The Morgan fingerprint density at radius 3 is 2.62 bits per heavy atom. The number of nitrogens with two attached hydrogens (primary N) is 1. The lowest BCUT2D eigenvalue weighted by atomic mass is 10.1. The van der Waals surface area contributed by atoms with Gasteiger partial charge in [0.1, 0.15) is 17.2 Å². The van der Waals surface area contributed by atoms with E-state index >= 15 is 0 Å². The molecular formula is C22H23N5O2. The lowest BCUT2D eigenvalue weighted by Crippen LogP contribution is -2.12. The summed E-state index contributed by atoms with van der Waals surface area (Å²) in [5, 5.41) is 3.35. The number of aromatic nitrogens is 3. The van der Waals surface area contributed by atoms with E-state index in [1.54, 1.807) is 6.07 Å². The van der Waals surface area contributed by atoms with Gasteiger partial charge in [-0.25, -0.2) is 4.98 Å². The molecule has 1 amide bonds. The summed E-state index contributed by atoms with van der Waals surface area (Å²) in [5.74, 6) is 1.23. The van der Waals surface area contributed by atoms with Crippen LogP contribution >= 0.6 is 0 Å². The van der Waals surface area contributed by atoms with Crippen molar-refractivity contribution in [1.82, 2.24) is 14.5 Å². The number of carbonyl (C=O) groups is 1. The number of anilines is 2. The molecule has 0 fully saturated rings. The zero-order chi connectivity index (χ0) is 20.4. The highest BCUT2D eigenvalue weighted by atomic mass is 16.5. The number of primary amides is 1. The second kappa shape index (κ2) is 7.63. The lowest BCUT2D eigenvalue weighted by molar-refractivity contribution is 0.0995. The molecule has 0 aliphatic rings. The second-order valence-electron chi connectivity index (χ2n) is 6.66. The Kier molecular flexibility index (Phi) is 4.87. The van der Waals surface area contributed by atoms with Crippen LogP contribution in [0.4, 0.5) is 11.6 Å². The Balaban J connectivity index is 0.00000256. The fourth-order valence-electron chi connectivity index (χ4n) is 3.05. The van der Waals surface area contributed by atoms with Crippen LogP contribution < -0.4 is 15.8 Å². The molecule has 0 saturated carbocycles. The molecule has 0 aliphatic heterocycles. The molecule has 0 atom stereocenters. The highest BCUT2D eigenvalue weighted by Crippen LogP contribution is 2.28. The van der Waals surface area contributed by atoms with Crippen molar-refractivity contribution < 1.29 is 11.0 Å². The molecule has 2 aromatic carbocycles. The first-order valence-electron chi connectivity index (χ1n) is 9.29. The first kappa shape index (κ1) is 18.5. The molecule has 2 aromatic heterocycles. The molecule has 0 radical (unpaired) electrons. The Morgan fingerprint density at radius 1 is 1.14 bits per heavy atom. The normalized spacial score (nSPS) is 10.8. The smallest absolute Gasteiger partial charge is 0.267 e. The molecule has 7 nitrogen and oxygen atoms in total. The van der Waals surface area contributed by atoms with Crippen molar-refractivity contribution in [2.24, 2.45) is 12.8 Å². The monoisotopic (exact) mass is 389 g/mol. The van der Waals surface area contributed by atoms with Crippen LogP contribution in [0.25, 0.3) is 11.0 Å². The van der Waals surface area contributed by atoms with Crippen LogP contribution in [0.1, 0.15) is 24.4 Å². The summed E-state index contributed by atoms with van der Waals surface area (Å²) in [4.78, 5) is 19.9. The van der Waals surface area contributed by atoms with Gasteiger partial charge in [0.25, 0.3) is 5.91 Å². The summed E-state index contributed by atoms with van der Waals surface area (Å²) in [5.41, 5.74) is 9.46. The maximum absolute atomic E-state index is 11.3. The third-order valence-electron chi connectivity index (χ3n) is 4.69. The van der Waals surface area contributed by atoms with E-state index < -0.39 is 5.91 Å². The average molecular weight is 389 g/mol. The van der Waals surface area contributed by atoms with E-state index in [9.17, 15) is 4.79 Å². The zero-order valence-corrected chi connectivity index (χ0v) is 16.2. The van der Waals surface area contributed by atoms with Crippen LogP contribution in [0.15, 0.2) is 60.8 Å². The Labute approximate surface area is 169 Å². The summed E-state index contributed by atoms with van der Waals surface area (Å²) in [6, 6.07) is 17.1. The van der Waals surface area contributed by atoms with E-state index in [1.807, 2.05) is 41.9 Å². The number of fused-ring (bicyclic) bond motifs is 1. The fraction of sp³-hybridized carbons (Fsp3) is 0.136. The number of hydrogen-bond donors (Lipinski definition) is 2. The number of rotatable bonds is 6. The minimum atomic E-state index is -0.599. The largest absolute Gasteiger partial charge is 0.457 e. The predicted octanol–water partition coefficient (Wildman–Crippen LogP) is 4.41. The molecule has 148 valence electrons. The molecule has 0 unspecified atom stereocenters. The molecule has 3 N–H and O–H groups in total. The fourth-order valence-corrected chi connectivity index (χ4v) is 3.05. The third-order valence-corrected chi connectivity index (χ3v) is 4.69. The van der Waals surface area contributed by atoms with Crippen LogP contribution in [0.2, 0.25) is 0 Å². The molecule has 4 aromatic rings. The van der Waals surface area contributed by atoms with Gasteiger partial charge in [0.15, 0.2) is 0 Å². The van der Waals surface area contributed by atoms with Gasteiger partial charge in [-0.3, -0.25) is 9.78 Å². The maximum atomic E-state index is 11.3. The van der Waals surface area contributed by atoms with E-state index in [0.29, 0.717) is 11.5 Å². The molecule has 2 heterocycles. The van der Waals surface area contributed by atoms with E-state index in [0.717, 1.165) is 29.1 Å². The number of imidazole rings is 1. The highest BCUT2D eigenvalue weighted by Gasteiger charge is 2.10. The number of aryl methyl sites for hydroxylation is 2. The number of ether oxygens (including phenoxy) is 1. The summed E-state index contributed by atoms with van der Waals surface area (Å²) in [6.07, 6.45) is 2.49. The molecule has 29 heavy (non-hydrogen) atoms. The van der Waals surface area contributed by atoms with E-state index in [4.69, 9.17) is 10.5 Å². The lowest BCUT2D eigenvalue weighted by Gasteiger charge is -2.07. The molecule has 7 heteroatoms. The minimum Gasteiger partial charge on any atom is -0.457 e. The Morgan fingerprint density at radius 2 is 1.90 bits per heavy atom. The van der Waals surface area contributed by atoms with Crippen LogP contribution in [-0.4, -0.2) is 20.4 Å². The van der Waals surface area contributed by atoms with Crippen LogP contribution in [-0.2, 0) is 13.5 Å². The number of nitrogens with one attached hydrogen (secondary N) is 1. The van der Waals surface area contributed by atoms with Gasteiger partial charge >= 0.3 is 0 Å². The summed E-state index contributed by atoms with van der Waals surface area (Å²) in [7, 11) is 1.96. The number of carbonyl (C=O) groups excluding carboxylic acids is 1. The highest BCUT2D eigenvalue weighted by molar-refractivity contribution is 5.91. The molecule has 0 bridgehead atoms. The van der Waals surface area contributed by atoms with Gasteiger partial charge in [-0.1, -0.05) is 19.1 Å². The quantitative estimate of drug-likeness (QED) is 0.509. The van der Waals surface area contributed by atoms with Gasteiger partial charge in [-0.15, -0.1) is 0 Å². The molecule has 0 aliphatic carbocycles. The van der Waals surface area contributed by atoms with E-state index in [1.165, 1.54) is 17.8 Å². The van der Waals surface area contributed by atoms with Gasteiger partial charge in [-0.05, 0) is 42.3 Å². The van der Waals surface area contributed by atoms with Crippen LogP contribution in [0.3, 0.4) is 0 Å². The van der Waals surface area contributed by atoms with Gasteiger partial charge in [-0.2, -0.15) is 0 Å². The molecular weight excluding hydrogens is 366 g/mol. The van der Waals surface area contributed by atoms with Gasteiger partial charge in [0, 0.05) is 32.5 Å². The van der Waals surface area contributed by atoms with Crippen LogP contribution in [0.5, 0.6) is 11.5 Å². The Bertz CT molecular complexity index is 1190. The summed E-state index contributed by atoms with van der Waals surface area (Å²) < 4.78 is 7.84. The van der Waals surface area contributed by atoms with Crippen molar-refractivity contribution in [2.75, 3.05) is 5.32 Å². The van der Waals surface area contributed by atoms with Crippen LogP contribution in [0, 0.1) is 0 Å². The Hall–Kier alpha value is -3.87. The number of pyridine rings is 1. The summed E-state index contributed by atoms with van der Waals surface area (Å²) >= 11 is 0. The van der Waals surface area contributed by atoms with Crippen molar-refractivity contribution in [2.45, 2.75) is 13.3 Å². The third kappa shape index (κ3) is 3.89. The standard InChI is InChI=1S/C22H21N5O2.H2/c1-3-14-4-6-15(7-5-14)25-22-26-18-12-16(8-9-20(18)27(22)2)29-17-10-11-24-19(13-17)21(23)28;/h4-13H,3H2,1-2H3,(H2,23,28)(H,25,26);1H. The van der Waals surface area contributed by atoms with Gasteiger partial charge in [0.2, 0.25) is 5.95 Å². The second-order valence-corrected chi connectivity index (χ2v) is 6.66. The SMILES string of the molecule is CCc1ccc(Nc2nc3cc(Oc4ccnc(C(N)=O)c4)ccc3n2C)cc1.[HH].